The van der Waals surface area contributed by atoms with Crippen LogP contribution < -0.4 is 0 Å². The van der Waals surface area contributed by atoms with Gasteiger partial charge < -0.3 is 0 Å². The van der Waals surface area contributed by atoms with E-state index in [1.807, 2.05) is 13.8 Å². The minimum atomic E-state index is -4.06. The maximum atomic E-state index is 10.3. The monoisotopic (exact) mass is 219 g/mol. The fraction of sp³-hybridized carbons (Fsp3) is 1.00. The molecule has 0 amide bonds. The summed E-state index contributed by atoms with van der Waals surface area (Å²) in [6.07, 6.45) is 1.15. The Morgan fingerprint density at radius 2 is 1.08 bits per heavy atom. The number of rotatable bonds is 2. The summed E-state index contributed by atoms with van der Waals surface area (Å²) < 4.78 is 40.4. The first-order chi connectivity index (χ1) is 5.15. The quantitative estimate of drug-likeness (QED) is 0.639. The van der Waals surface area contributed by atoms with Crippen molar-refractivity contribution >= 4 is 20.0 Å². The molecule has 12 heavy (non-hydrogen) atoms. The lowest BCUT2D eigenvalue weighted by Crippen LogP contribution is -2.31. The van der Waals surface area contributed by atoms with Crippen molar-refractivity contribution in [3.05, 3.63) is 0 Å². The summed E-state index contributed by atoms with van der Waals surface area (Å²) in [5, 5.41) is 8.38. The summed E-state index contributed by atoms with van der Waals surface area (Å²) in [5.74, 6) is 0. The second kappa shape index (κ2) is 4.75. The Kier molecular flexibility index (Phi) is 5.68. The first-order valence-corrected chi connectivity index (χ1v) is 6.74. The van der Waals surface area contributed by atoms with Crippen molar-refractivity contribution in [1.82, 2.24) is 3.87 Å². The maximum absolute atomic E-state index is 10.3. The molecule has 0 unspecified atom stereocenters. The van der Waals surface area contributed by atoms with Crippen LogP contribution in [0.5, 0.6) is 0 Å². The van der Waals surface area contributed by atoms with E-state index in [2.05, 4.69) is 0 Å². The summed E-state index contributed by atoms with van der Waals surface area (Å²) in [6, 6.07) is 0. The van der Waals surface area contributed by atoms with Crippen LogP contribution in [-0.2, 0) is 20.0 Å². The van der Waals surface area contributed by atoms with Crippen LogP contribution in [0.3, 0.4) is 0 Å². The third-order valence-corrected chi connectivity index (χ3v) is 3.33. The average molecular weight is 219 g/mol. The summed E-state index contributed by atoms with van der Waals surface area (Å²) >= 11 is 0. The van der Waals surface area contributed by atoms with Crippen molar-refractivity contribution in [3.8, 4) is 0 Å². The van der Waals surface area contributed by atoms with Gasteiger partial charge in [-0.3, -0.25) is 5.21 Å². The van der Waals surface area contributed by atoms with Gasteiger partial charge in [0.2, 0.25) is 20.0 Å². The fourth-order valence-corrected chi connectivity index (χ4v) is 2.21. The van der Waals surface area contributed by atoms with Gasteiger partial charge in [-0.2, -0.15) is 0 Å². The molecule has 0 atom stereocenters. The molecule has 0 fully saturated rings. The second-order valence-electron chi connectivity index (χ2n) is 1.70. The van der Waals surface area contributed by atoms with E-state index >= 15 is 0 Å². The molecular formula is C4H13NO5S2. The molecule has 0 radical (unpaired) electrons. The van der Waals surface area contributed by atoms with Crippen LogP contribution in [0.1, 0.15) is 13.8 Å². The normalized spacial score (nSPS) is 12.2. The Morgan fingerprint density at radius 3 is 1.08 bits per heavy atom. The van der Waals surface area contributed by atoms with Crippen molar-refractivity contribution in [3.63, 3.8) is 0 Å². The summed E-state index contributed by atoms with van der Waals surface area (Å²) in [5.41, 5.74) is 0. The van der Waals surface area contributed by atoms with E-state index in [-0.39, 0.29) is 0 Å². The molecule has 0 saturated heterocycles. The predicted octanol–water partition coefficient (Wildman–Crippen LogP) is -0.377. The zero-order valence-corrected chi connectivity index (χ0v) is 8.98. The van der Waals surface area contributed by atoms with Crippen molar-refractivity contribution in [2.45, 2.75) is 13.8 Å². The molecular weight excluding hydrogens is 206 g/mol. The minimum absolute atomic E-state index is 0.577. The van der Waals surface area contributed by atoms with Crippen LogP contribution in [0, 0.1) is 0 Å². The van der Waals surface area contributed by atoms with E-state index in [1.54, 1.807) is 0 Å². The first kappa shape index (κ1) is 14.3. The van der Waals surface area contributed by atoms with Crippen molar-refractivity contribution in [2.24, 2.45) is 0 Å². The molecule has 0 rings (SSSR count). The lowest BCUT2D eigenvalue weighted by molar-refractivity contribution is 0.0963. The van der Waals surface area contributed by atoms with Gasteiger partial charge in [0.25, 0.3) is 0 Å². The molecule has 0 aliphatic rings. The summed E-state index contributed by atoms with van der Waals surface area (Å²) in [7, 11) is -8.12. The maximum Gasteiger partial charge on any atom is 0.246 e. The Hall–Kier alpha value is -0.180. The van der Waals surface area contributed by atoms with Gasteiger partial charge in [-0.15, -0.1) is 0 Å². The van der Waals surface area contributed by atoms with Gasteiger partial charge in [-0.05, 0) is 0 Å². The fourth-order valence-electron chi connectivity index (χ4n) is 0.246. The number of hydrogen-bond donors (Lipinski definition) is 1. The van der Waals surface area contributed by atoms with Crippen LogP contribution in [0.25, 0.3) is 0 Å². The molecule has 1 N–H and O–H groups in total. The molecule has 0 aromatic carbocycles. The molecule has 0 heterocycles. The van der Waals surface area contributed by atoms with Gasteiger partial charge in [0.05, 0.1) is 12.5 Å². The lowest BCUT2D eigenvalue weighted by Gasteiger charge is -2.06. The zero-order chi connectivity index (χ0) is 10.6. The van der Waals surface area contributed by atoms with Crippen LogP contribution in [0.15, 0.2) is 0 Å². The van der Waals surface area contributed by atoms with Gasteiger partial charge in [-0.25, -0.2) is 16.8 Å². The number of sulfonamides is 2. The molecule has 6 nitrogen and oxygen atoms in total. The van der Waals surface area contributed by atoms with E-state index in [0.29, 0.717) is 12.5 Å². The average Bonchev–Trinajstić information content (AvgIpc) is 1.87. The predicted molar refractivity (Wildman–Crippen MR) is 44.7 cm³/mol. The smallest absolute Gasteiger partial charge is 0.246 e. The SMILES string of the molecule is CC.CS(=O)(=O)N(O)S(C)(=O)=O. The Bertz CT molecular complexity index is 270. The third kappa shape index (κ3) is 5.47. The highest BCUT2D eigenvalue weighted by molar-refractivity contribution is 8.03. The Balaban J connectivity index is 0. The molecule has 8 heteroatoms. The molecule has 0 aromatic rings. The molecule has 76 valence electrons. The standard InChI is InChI=1S/C2H7NO5S2.C2H6/c1-9(5,6)3(4)10(2,7)8;1-2/h4H,1-2H3;1-2H3. The molecule has 0 spiro atoms. The van der Waals surface area contributed by atoms with Crippen LogP contribution >= 0.6 is 0 Å². The van der Waals surface area contributed by atoms with Crippen molar-refractivity contribution in [1.29, 1.82) is 0 Å². The highest BCUT2D eigenvalue weighted by Gasteiger charge is 2.23. The van der Waals surface area contributed by atoms with E-state index < -0.39 is 23.9 Å². The van der Waals surface area contributed by atoms with Crippen LogP contribution in [-0.4, -0.2) is 38.4 Å². The highest BCUT2D eigenvalue weighted by atomic mass is 32.3. The number of nitrogens with zero attached hydrogens (tertiary/aromatic N) is 1. The molecule has 0 aliphatic carbocycles. The Morgan fingerprint density at radius 1 is 0.917 bits per heavy atom. The van der Waals surface area contributed by atoms with Crippen LogP contribution in [0.2, 0.25) is 0 Å². The summed E-state index contributed by atoms with van der Waals surface area (Å²) in [6.45, 7) is 4.00. The van der Waals surface area contributed by atoms with Crippen molar-refractivity contribution < 1.29 is 22.0 Å². The van der Waals surface area contributed by atoms with Gasteiger partial charge in [0, 0.05) is 3.87 Å². The zero-order valence-electron chi connectivity index (χ0n) is 7.34. The molecule has 0 saturated carbocycles. The van der Waals surface area contributed by atoms with Gasteiger partial charge >= 0.3 is 0 Å². The largest absolute Gasteiger partial charge is 0.286 e. The Labute approximate surface area is 72.9 Å². The second-order valence-corrected chi connectivity index (χ2v) is 5.56. The topological polar surface area (TPSA) is 91.8 Å². The lowest BCUT2D eigenvalue weighted by atomic mass is 11.0. The number of hydrogen-bond acceptors (Lipinski definition) is 5. The van der Waals surface area contributed by atoms with E-state index in [4.69, 9.17) is 5.21 Å². The van der Waals surface area contributed by atoms with Gasteiger partial charge in [0.1, 0.15) is 0 Å². The molecule has 0 aromatic heterocycles. The minimum Gasteiger partial charge on any atom is -0.286 e. The van der Waals surface area contributed by atoms with Gasteiger partial charge in [-0.1, -0.05) is 13.8 Å². The highest BCUT2D eigenvalue weighted by Crippen LogP contribution is 1.98. The van der Waals surface area contributed by atoms with E-state index in [1.165, 1.54) is 0 Å². The van der Waals surface area contributed by atoms with E-state index in [0.717, 1.165) is 0 Å². The van der Waals surface area contributed by atoms with Crippen LogP contribution in [0.4, 0.5) is 0 Å². The van der Waals surface area contributed by atoms with Crippen molar-refractivity contribution in [2.75, 3.05) is 12.5 Å². The third-order valence-electron chi connectivity index (χ3n) is 0.567. The first-order valence-electron chi connectivity index (χ1n) is 3.05. The van der Waals surface area contributed by atoms with Gasteiger partial charge in [0.15, 0.2) is 0 Å². The molecule has 0 bridgehead atoms. The molecule has 0 aliphatic heterocycles. The van der Waals surface area contributed by atoms with E-state index in [9.17, 15) is 16.8 Å². The summed E-state index contributed by atoms with van der Waals surface area (Å²) in [4.78, 5) is 0.